The normalized spacial score (nSPS) is 12.4. The molecule has 0 spiro atoms. The monoisotopic (exact) mass is 315 g/mol. The summed E-state index contributed by atoms with van der Waals surface area (Å²) in [6.07, 6.45) is -2.72. The van der Waals surface area contributed by atoms with Crippen molar-refractivity contribution in [3.05, 3.63) is 47.0 Å². The van der Waals surface area contributed by atoms with E-state index in [-0.39, 0.29) is 12.0 Å². The molecule has 1 aromatic rings. The zero-order valence-corrected chi connectivity index (χ0v) is 12.1. The Morgan fingerprint density at radius 3 is 2.18 bits per heavy atom. The zero-order valence-electron chi connectivity index (χ0n) is 12.1. The van der Waals surface area contributed by atoms with Crippen molar-refractivity contribution in [2.45, 2.75) is 32.5 Å². The number of carbonyl (C=O) groups is 2. The summed E-state index contributed by atoms with van der Waals surface area (Å²) in [6.45, 7) is 3.58. The van der Waals surface area contributed by atoms with Gasteiger partial charge in [0.1, 0.15) is 6.04 Å². The van der Waals surface area contributed by atoms with E-state index in [2.05, 4.69) is 5.32 Å². The lowest BCUT2D eigenvalue weighted by Gasteiger charge is -2.13. The maximum Gasteiger partial charge on any atom is 0.416 e. The van der Waals surface area contributed by atoms with Gasteiger partial charge in [0, 0.05) is 5.56 Å². The molecule has 0 saturated carbocycles. The fourth-order valence-electron chi connectivity index (χ4n) is 1.63. The minimum atomic E-state index is -4.48. The smallest absolute Gasteiger partial charge is 0.416 e. The first-order valence-corrected chi connectivity index (χ1v) is 6.45. The second-order valence-corrected chi connectivity index (χ2v) is 4.96. The summed E-state index contributed by atoms with van der Waals surface area (Å²) in [5.41, 5.74) is -0.00476. The molecule has 0 saturated heterocycles. The molecule has 0 aliphatic carbocycles. The molecular formula is C15H16F3NO3. The highest BCUT2D eigenvalue weighted by Gasteiger charge is 2.30. The first kappa shape index (κ1) is 17.7. The largest absolute Gasteiger partial charge is 0.480 e. The molecule has 0 fully saturated rings. The summed E-state index contributed by atoms with van der Waals surface area (Å²) < 4.78 is 37.3. The van der Waals surface area contributed by atoms with E-state index in [9.17, 15) is 22.8 Å². The quantitative estimate of drug-likeness (QED) is 0.820. The third kappa shape index (κ3) is 5.23. The van der Waals surface area contributed by atoms with E-state index in [1.54, 1.807) is 19.9 Å². The van der Waals surface area contributed by atoms with Gasteiger partial charge in [-0.15, -0.1) is 0 Å². The maximum atomic E-state index is 12.4. The molecule has 0 bridgehead atoms. The number of halogens is 3. The molecular weight excluding hydrogens is 299 g/mol. The van der Waals surface area contributed by atoms with Crippen molar-refractivity contribution in [1.29, 1.82) is 0 Å². The Balaban J connectivity index is 2.82. The Hall–Kier alpha value is -2.31. The van der Waals surface area contributed by atoms with Crippen LogP contribution in [0.15, 0.2) is 35.9 Å². The maximum absolute atomic E-state index is 12.4. The van der Waals surface area contributed by atoms with Crippen LogP contribution in [-0.2, 0) is 11.0 Å². The van der Waals surface area contributed by atoms with Gasteiger partial charge in [0.15, 0.2) is 0 Å². The Labute approximate surface area is 125 Å². The van der Waals surface area contributed by atoms with E-state index < -0.39 is 29.7 Å². The first-order chi connectivity index (χ1) is 10.1. The van der Waals surface area contributed by atoms with E-state index in [0.717, 1.165) is 29.8 Å². The SMILES string of the molecule is CC(C)=CC[C@H](NC(=O)c1ccc(C(F)(F)F)cc1)C(=O)O. The Morgan fingerprint density at radius 2 is 1.77 bits per heavy atom. The number of amides is 1. The van der Waals surface area contributed by atoms with E-state index in [1.807, 2.05) is 0 Å². The predicted octanol–water partition coefficient (Wildman–Crippen LogP) is 3.24. The van der Waals surface area contributed by atoms with E-state index in [0.29, 0.717) is 0 Å². The summed E-state index contributed by atoms with van der Waals surface area (Å²) in [7, 11) is 0. The number of allylic oxidation sites excluding steroid dienone is 1. The molecule has 120 valence electrons. The van der Waals surface area contributed by atoms with Crippen LogP contribution in [0.1, 0.15) is 36.2 Å². The number of nitrogens with one attached hydrogen (secondary N) is 1. The van der Waals surface area contributed by atoms with Crippen LogP contribution in [0.2, 0.25) is 0 Å². The van der Waals surface area contributed by atoms with Gasteiger partial charge in [-0.25, -0.2) is 4.79 Å². The van der Waals surface area contributed by atoms with E-state index in [4.69, 9.17) is 5.11 Å². The third-order valence-electron chi connectivity index (χ3n) is 2.84. The van der Waals surface area contributed by atoms with Gasteiger partial charge < -0.3 is 10.4 Å². The lowest BCUT2D eigenvalue weighted by Crippen LogP contribution is -2.40. The van der Waals surface area contributed by atoms with Gasteiger partial charge in [-0.3, -0.25) is 4.79 Å². The summed E-state index contributed by atoms with van der Waals surface area (Å²) in [4.78, 5) is 23.0. The number of carboxylic acids is 1. The molecule has 1 atom stereocenters. The number of carboxylic acid groups (broad SMARTS) is 1. The Morgan fingerprint density at radius 1 is 1.23 bits per heavy atom. The third-order valence-corrected chi connectivity index (χ3v) is 2.84. The zero-order chi connectivity index (χ0) is 16.9. The number of carbonyl (C=O) groups excluding carboxylic acids is 1. The minimum absolute atomic E-state index is 0.0311. The van der Waals surface area contributed by atoms with Gasteiger partial charge in [0.05, 0.1) is 5.56 Å². The molecule has 1 rings (SSSR count). The van der Waals surface area contributed by atoms with Gasteiger partial charge in [-0.1, -0.05) is 11.6 Å². The van der Waals surface area contributed by atoms with Crippen LogP contribution in [-0.4, -0.2) is 23.0 Å². The summed E-state index contributed by atoms with van der Waals surface area (Å²) in [5.74, 6) is -1.94. The number of hydrogen-bond acceptors (Lipinski definition) is 2. The second-order valence-electron chi connectivity index (χ2n) is 4.96. The molecule has 1 aromatic carbocycles. The molecule has 2 N–H and O–H groups in total. The molecule has 0 aliphatic heterocycles. The molecule has 0 aromatic heterocycles. The number of benzene rings is 1. The molecule has 0 heterocycles. The molecule has 4 nitrogen and oxygen atoms in total. The van der Waals surface area contributed by atoms with Gasteiger partial charge in [-0.2, -0.15) is 13.2 Å². The molecule has 1 amide bonds. The van der Waals surface area contributed by atoms with Crippen molar-refractivity contribution in [1.82, 2.24) is 5.32 Å². The van der Waals surface area contributed by atoms with Crippen molar-refractivity contribution >= 4 is 11.9 Å². The van der Waals surface area contributed by atoms with Crippen LogP contribution >= 0.6 is 0 Å². The highest BCUT2D eigenvalue weighted by atomic mass is 19.4. The highest BCUT2D eigenvalue weighted by Crippen LogP contribution is 2.29. The standard InChI is InChI=1S/C15H16F3NO3/c1-9(2)3-8-12(14(21)22)19-13(20)10-4-6-11(7-5-10)15(16,17)18/h3-7,12H,8H2,1-2H3,(H,19,20)(H,21,22)/t12-/m0/s1. The summed E-state index contributed by atoms with van der Waals surface area (Å²) in [5, 5.41) is 11.3. The van der Waals surface area contributed by atoms with Gasteiger partial charge in [-0.05, 0) is 44.5 Å². The van der Waals surface area contributed by atoms with E-state index >= 15 is 0 Å². The van der Waals surface area contributed by atoms with Crippen LogP contribution < -0.4 is 5.32 Å². The van der Waals surface area contributed by atoms with Crippen molar-refractivity contribution in [2.75, 3.05) is 0 Å². The predicted molar refractivity (Wildman–Crippen MR) is 74.4 cm³/mol. The number of rotatable bonds is 5. The lowest BCUT2D eigenvalue weighted by atomic mass is 10.1. The second kappa shape index (κ2) is 7.11. The molecule has 0 radical (unpaired) electrons. The van der Waals surface area contributed by atoms with Crippen molar-refractivity contribution in [3.63, 3.8) is 0 Å². The molecule has 0 aliphatic rings. The van der Waals surface area contributed by atoms with Gasteiger partial charge in [0.25, 0.3) is 5.91 Å². The van der Waals surface area contributed by atoms with Crippen molar-refractivity contribution in [3.8, 4) is 0 Å². The van der Waals surface area contributed by atoms with Crippen LogP contribution in [0.4, 0.5) is 13.2 Å². The summed E-state index contributed by atoms with van der Waals surface area (Å²) in [6, 6.07) is 2.45. The number of aliphatic carboxylic acids is 1. The fraction of sp³-hybridized carbons (Fsp3) is 0.333. The van der Waals surface area contributed by atoms with Gasteiger partial charge in [0.2, 0.25) is 0 Å². The van der Waals surface area contributed by atoms with Crippen LogP contribution in [0.3, 0.4) is 0 Å². The topological polar surface area (TPSA) is 66.4 Å². The van der Waals surface area contributed by atoms with Crippen LogP contribution in [0, 0.1) is 0 Å². The average Bonchev–Trinajstić information content (AvgIpc) is 2.41. The number of alkyl halides is 3. The van der Waals surface area contributed by atoms with Crippen LogP contribution in [0.25, 0.3) is 0 Å². The Kier molecular flexibility index (Phi) is 5.73. The summed E-state index contributed by atoms with van der Waals surface area (Å²) >= 11 is 0. The van der Waals surface area contributed by atoms with Crippen molar-refractivity contribution in [2.24, 2.45) is 0 Å². The molecule has 22 heavy (non-hydrogen) atoms. The Bertz CT molecular complexity index is 573. The first-order valence-electron chi connectivity index (χ1n) is 6.45. The number of hydrogen-bond donors (Lipinski definition) is 2. The van der Waals surface area contributed by atoms with Crippen LogP contribution in [0.5, 0.6) is 0 Å². The van der Waals surface area contributed by atoms with Crippen molar-refractivity contribution < 1.29 is 27.9 Å². The fourth-order valence-corrected chi connectivity index (χ4v) is 1.63. The molecule has 0 unspecified atom stereocenters. The highest BCUT2D eigenvalue weighted by molar-refractivity contribution is 5.96. The van der Waals surface area contributed by atoms with E-state index in [1.165, 1.54) is 0 Å². The molecule has 7 heteroatoms. The minimum Gasteiger partial charge on any atom is -0.480 e. The van der Waals surface area contributed by atoms with Gasteiger partial charge >= 0.3 is 12.1 Å². The lowest BCUT2D eigenvalue weighted by molar-refractivity contribution is -0.139. The average molecular weight is 315 g/mol.